The lowest BCUT2D eigenvalue weighted by Gasteiger charge is -2.12. The first-order valence-electron chi connectivity index (χ1n) is 5.87. The van der Waals surface area contributed by atoms with Crippen LogP contribution in [0.25, 0.3) is 0 Å². The van der Waals surface area contributed by atoms with E-state index in [1.54, 1.807) is 34.3 Å². The number of thioether (sulfide) groups is 2. The molecule has 1 N–H and O–H groups in total. The number of hydrogen-bond acceptors (Lipinski definition) is 5. The van der Waals surface area contributed by atoms with Crippen LogP contribution in [0.1, 0.15) is 10.4 Å². The molecule has 1 aromatic carbocycles. The van der Waals surface area contributed by atoms with Crippen LogP contribution in [-0.2, 0) is 0 Å². The first-order chi connectivity index (χ1) is 9.70. The summed E-state index contributed by atoms with van der Waals surface area (Å²) in [6.45, 7) is 0. The van der Waals surface area contributed by atoms with Crippen molar-refractivity contribution < 1.29 is 19.5 Å². The zero-order valence-electron chi connectivity index (χ0n) is 12.1. The highest BCUT2D eigenvalue weighted by atomic mass is 32.2. The molecule has 0 spiro atoms. The number of nitrogens with zero attached hydrogens (tertiary/aromatic N) is 2. The van der Waals surface area contributed by atoms with Crippen molar-refractivity contribution in [3.05, 3.63) is 23.8 Å². The summed E-state index contributed by atoms with van der Waals surface area (Å²) in [5.74, 6) is -1.10. The van der Waals surface area contributed by atoms with Crippen LogP contribution in [-0.4, -0.2) is 59.5 Å². The average Bonchev–Trinajstić information content (AvgIpc) is 2.37. The summed E-state index contributed by atoms with van der Waals surface area (Å²) in [6.07, 6.45) is 0. The number of benzene rings is 1. The maximum atomic E-state index is 11.7. The van der Waals surface area contributed by atoms with Gasteiger partial charge in [-0.1, -0.05) is 0 Å². The molecule has 8 heteroatoms. The molecular weight excluding hydrogens is 312 g/mol. The van der Waals surface area contributed by atoms with Crippen LogP contribution in [0.4, 0.5) is 9.59 Å². The molecule has 0 saturated carbocycles. The van der Waals surface area contributed by atoms with E-state index in [9.17, 15) is 14.4 Å². The standard InChI is InChI=1S/C13H16N2O4S2/c1-14(2)12(18)20-9-5-8(11(16)17)6-10(7-9)21-13(19)15(3)4/h5-7H,1-4H3,(H,16,17). The quantitative estimate of drug-likeness (QED) is 0.860. The summed E-state index contributed by atoms with van der Waals surface area (Å²) in [6, 6.07) is 4.46. The SMILES string of the molecule is CN(C)C(=O)Sc1cc(SC(=O)N(C)C)cc(C(=O)O)c1. The Morgan fingerprint density at radius 2 is 1.24 bits per heavy atom. The molecule has 114 valence electrons. The van der Waals surface area contributed by atoms with Gasteiger partial charge in [0.1, 0.15) is 0 Å². The first kappa shape index (κ1) is 17.4. The zero-order chi connectivity index (χ0) is 16.2. The Morgan fingerprint density at radius 1 is 0.857 bits per heavy atom. The number of carboxylic acid groups (broad SMARTS) is 1. The van der Waals surface area contributed by atoms with E-state index in [0.29, 0.717) is 9.79 Å². The fourth-order valence-electron chi connectivity index (χ4n) is 1.20. The zero-order valence-corrected chi connectivity index (χ0v) is 13.7. The van der Waals surface area contributed by atoms with E-state index in [0.717, 1.165) is 23.5 Å². The Kier molecular flexibility index (Phi) is 6.10. The minimum absolute atomic E-state index is 0.0422. The molecule has 1 aromatic rings. The van der Waals surface area contributed by atoms with Crippen LogP contribution in [0, 0.1) is 0 Å². The van der Waals surface area contributed by atoms with Gasteiger partial charge in [-0.3, -0.25) is 9.59 Å². The topological polar surface area (TPSA) is 77.9 Å². The number of amides is 2. The average molecular weight is 328 g/mol. The van der Waals surface area contributed by atoms with Crippen molar-refractivity contribution in [1.29, 1.82) is 0 Å². The van der Waals surface area contributed by atoms with E-state index in [1.807, 2.05) is 0 Å². The lowest BCUT2D eigenvalue weighted by atomic mass is 10.2. The molecule has 1 rings (SSSR count). The van der Waals surface area contributed by atoms with Crippen molar-refractivity contribution in [2.75, 3.05) is 28.2 Å². The second-order valence-corrected chi connectivity index (χ2v) is 6.57. The van der Waals surface area contributed by atoms with E-state index in [-0.39, 0.29) is 16.0 Å². The first-order valence-corrected chi connectivity index (χ1v) is 7.50. The second kappa shape index (κ2) is 7.37. The van der Waals surface area contributed by atoms with Gasteiger partial charge in [0.05, 0.1) is 5.56 Å². The van der Waals surface area contributed by atoms with E-state index < -0.39 is 5.97 Å². The minimum atomic E-state index is -1.10. The number of aromatic carboxylic acids is 1. The third kappa shape index (κ3) is 5.31. The Bertz CT molecular complexity index is 533. The van der Waals surface area contributed by atoms with Crippen LogP contribution in [0.2, 0.25) is 0 Å². The molecule has 2 amide bonds. The highest BCUT2D eigenvalue weighted by Crippen LogP contribution is 2.29. The largest absolute Gasteiger partial charge is 0.478 e. The molecule has 0 heterocycles. The summed E-state index contributed by atoms with van der Waals surface area (Å²) < 4.78 is 0. The van der Waals surface area contributed by atoms with Crippen molar-refractivity contribution in [2.45, 2.75) is 9.79 Å². The fourth-order valence-corrected chi connectivity index (χ4v) is 2.78. The van der Waals surface area contributed by atoms with Gasteiger partial charge >= 0.3 is 5.97 Å². The summed E-state index contributed by atoms with van der Waals surface area (Å²) in [5, 5.41) is 8.68. The third-order valence-corrected chi connectivity index (χ3v) is 4.29. The van der Waals surface area contributed by atoms with Crippen LogP contribution in [0.15, 0.2) is 28.0 Å². The molecule has 0 aliphatic rings. The second-order valence-electron chi connectivity index (χ2n) is 4.52. The smallest absolute Gasteiger partial charge is 0.335 e. The highest BCUT2D eigenvalue weighted by Gasteiger charge is 2.14. The lowest BCUT2D eigenvalue weighted by Crippen LogP contribution is -2.16. The molecule has 0 aliphatic heterocycles. The number of rotatable bonds is 3. The van der Waals surface area contributed by atoms with Crippen LogP contribution in [0.5, 0.6) is 0 Å². The molecule has 0 bridgehead atoms. The number of carbonyl (C=O) groups is 3. The Hall–Kier alpha value is -1.67. The molecule has 0 fully saturated rings. The van der Waals surface area contributed by atoms with Crippen LogP contribution in [0.3, 0.4) is 0 Å². The fraction of sp³-hybridized carbons (Fsp3) is 0.308. The summed E-state index contributed by atoms with van der Waals surface area (Å²) in [4.78, 5) is 38.3. The molecule has 0 saturated heterocycles. The number of carboxylic acids is 1. The number of hydrogen-bond donors (Lipinski definition) is 1. The van der Waals surface area contributed by atoms with Crippen molar-refractivity contribution in [3.8, 4) is 0 Å². The third-order valence-electron chi connectivity index (χ3n) is 2.27. The molecular formula is C13H16N2O4S2. The maximum absolute atomic E-state index is 11.7. The predicted octanol–water partition coefficient (Wildman–Crippen LogP) is 2.93. The molecule has 6 nitrogen and oxygen atoms in total. The van der Waals surface area contributed by atoms with E-state index in [4.69, 9.17) is 5.11 Å². The van der Waals surface area contributed by atoms with Gasteiger partial charge in [0.2, 0.25) is 0 Å². The summed E-state index contributed by atoms with van der Waals surface area (Å²) >= 11 is 1.84. The van der Waals surface area contributed by atoms with E-state index in [2.05, 4.69) is 0 Å². The minimum Gasteiger partial charge on any atom is -0.478 e. The molecule has 0 unspecified atom stereocenters. The Morgan fingerprint density at radius 3 is 1.52 bits per heavy atom. The van der Waals surface area contributed by atoms with Crippen LogP contribution < -0.4 is 0 Å². The molecule has 0 aromatic heterocycles. The summed E-state index contributed by atoms with van der Waals surface area (Å²) in [7, 11) is 6.45. The highest BCUT2D eigenvalue weighted by molar-refractivity contribution is 8.14. The van der Waals surface area contributed by atoms with Gasteiger partial charge < -0.3 is 14.9 Å². The lowest BCUT2D eigenvalue weighted by molar-refractivity contribution is 0.0696. The molecule has 0 aliphatic carbocycles. The van der Waals surface area contributed by atoms with E-state index in [1.165, 1.54) is 21.9 Å². The van der Waals surface area contributed by atoms with Gasteiger partial charge in [-0.2, -0.15) is 0 Å². The van der Waals surface area contributed by atoms with Gasteiger partial charge in [0.15, 0.2) is 0 Å². The Balaban J connectivity index is 3.08. The molecule has 0 radical (unpaired) electrons. The van der Waals surface area contributed by atoms with Crippen LogP contribution >= 0.6 is 23.5 Å². The normalized spacial score (nSPS) is 10.1. The van der Waals surface area contributed by atoms with Crippen molar-refractivity contribution >= 4 is 40.0 Å². The monoisotopic (exact) mass is 328 g/mol. The van der Waals surface area contributed by atoms with E-state index >= 15 is 0 Å². The molecule has 21 heavy (non-hydrogen) atoms. The van der Waals surface area contributed by atoms with Gasteiger partial charge in [-0.25, -0.2) is 4.79 Å². The van der Waals surface area contributed by atoms with Gasteiger partial charge in [-0.05, 0) is 41.7 Å². The summed E-state index contributed by atoms with van der Waals surface area (Å²) in [5.41, 5.74) is 0.0422. The van der Waals surface area contributed by atoms with Gasteiger partial charge in [0, 0.05) is 38.0 Å². The predicted molar refractivity (Wildman–Crippen MR) is 83.3 cm³/mol. The van der Waals surface area contributed by atoms with Gasteiger partial charge in [-0.15, -0.1) is 0 Å². The maximum Gasteiger partial charge on any atom is 0.335 e. The van der Waals surface area contributed by atoms with Crippen molar-refractivity contribution in [1.82, 2.24) is 9.80 Å². The van der Waals surface area contributed by atoms with Crippen molar-refractivity contribution in [2.24, 2.45) is 0 Å². The Labute approximate surface area is 131 Å². The van der Waals surface area contributed by atoms with Gasteiger partial charge in [0.25, 0.3) is 10.5 Å². The number of carbonyl (C=O) groups excluding carboxylic acids is 2. The molecule has 0 atom stereocenters. The van der Waals surface area contributed by atoms with Crippen molar-refractivity contribution in [3.63, 3.8) is 0 Å².